The fourth-order valence-corrected chi connectivity index (χ4v) is 2.35. The molecule has 1 aromatic carbocycles. The first-order chi connectivity index (χ1) is 12.2. The van der Waals surface area contributed by atoms with Crippen molar-refractivity contribution in [2.45, 2.75) is 6.92 Å². The fraction of sp³-hybridized carbons (Fsp3) is 0.0526. The maximum Gasteiger partial charge on any atom is 0.277 e. The lowest BCUT2D eigenvalue weighted by Gasteiger charge is -2.10. The Balaban J connectivity index is 2.20. The Morgan fingerprint density at radius 1 is 1.24 bits per heavy atom. The first-order valence-electron chi connectivity index (χ1n) is 7.76. The molecule has 0 saturated carbocycles. The predicted octanol–water partition coefficient (Wildman–Crippen LogP) is 3.60. The van der Waals surface area contributed by atoms with Crippen molar-refractivity contribution in [3.8, 4) is 0 Å². The minimum atomic E-state index is -0.342. The Hall–Kier alpha value is -3.54. The van der Waals surface area contributed by atoms with Crippen LogP contribution in [0.4, 0.5) is 11.5 Å². The lowest BCUT2D eigenvalue weighted by molar-refractivity contribution is 0.997. The molecule has 124 valence electrons. The van der Waals surface area contributed by atoms with Gasteiger partial charge >= 0.3 is 0 Å². The predicted molar refractivity (Wildman–Crippen MR) is 101 cm³/mol. The van der Waals surface area contributed by atoms with Gasteiger partial charge in [-0.15, -0.1) is 0 Å². The Morgan fingerprint density at radius 2 is 2.04 bits per heavy atom. The summed E-state index contributed by atoms with van der Waals surface area (Å²) in [7, 11) is 0. The topological polar surface area (TPSA) is 83.6 Å². The van der Waals surface area contributed by atoms with Gasteiger partial charge in [0.05, 0.1) is 6.20 Å². The zero-order valence-electron chi connectivity index (χ0n) is 13.7. The van der Waals surface area contributed by atoms with Crippen LogP contribution < -0.4 is 10.9 Å². The summed E-state index contributed by atoms with van der Waals surface area (Å²) in [5.41, 5.74) is 1.77. The molecule has 2 heterocycles. The third-order valence-corrected chi connectivity index (χ3v) is 3.53. The Bertz CT molecular complexity index is 1020. The van der Waals surface area contributed by atoms with Gasteiger partial charge in [0.2, 0.25) is 0 Å². The van der Waals surface area contributed by atoms with Crippen LogP contribution in [0.5, 0.6) is 0 Å². The summed E-state index contributed by atoms with van der Waals surface area (Å²) in [6.07, 6.45) is 8.76. The van der Waals surface area contributed by atoms with Crippen LogP contribution in [0.3, 0.4) is 0 Å². The molecule has 0 aliphatic heterocycles. The van der Waals surface area contributed by atoms with Crippen LogP contribution in [0.2, 0.25) is 0 Å². The Labute approximate surface area is 144 Å². The van der Waals surface area contributed by atoms with E-state index in [0.717, 1.165) is 11.3 Å². The van der Waals surface area contributed by atoms with Crippen LogP contribution in [0, 0.1) is 0 Å². The van der Waals surface area contributed by atoms with Crippen LogP contribution in [-0.2, 0) is 0 Å². The molecular weight excluding hydrogens is 314 g/mol. The standard InChI is InChI=1S/C19H17N5O/c1-3-5-9-13(4-2)17-22-15-12-20-24-19(25)16(15)18(23-17)21-14-10-7-6-8-11-14/h3-12H,1H2,2H3,(H,24,25)(H,21,22,23)/b9-5-,13-4+. The molecule has 25 heavy (non-hydrogen) atoms. The van der Waals surface area contributed by atoms with E-state index in [9.17, 15) is 4.79 Å². The summed E-state index contributed by atoms with van der Waals surface area (Å²) < 4.78 is 0. The van der Waals surface area contributed by atoms with Crippen molar-refractivity contribution in [1.29, 1.82) is 0 Å². The van der Waals surface area contributed by atoms with E-state index in [2.05, 4.69) is 32.1 Å². The van der Waals surface area contributed by atoms with Gasteiger partial charge in [0.15, 0.2) is 5.82 Å². The maximum absolute atomic E-state index is 12.2. The number of nitrogens with zero attached hydrogens (tertiary/aromatic N) is 3. The molecule has 6 nitrogen and oxygen atoms in total. The molecule has 0 radical (unpaired) electrons. The first-order valence-corrected chi connectivity index (χ1v) is 7.76. The van der Waals surface area contributed by atoms with Gasteiger partial charge in [-0.2, -0.15) is 5.10 Å². The van der Waals surface area contributed by atoms with Crippen LogP contribution in [-0.4, -0.2) is 20.2 Å². The summed E-state index contributed by atoms with van der Waals surface area (Å²) in [5.74, 6) is 0.931. The molecule has 0 aliphatic carbocycles. The average Bonchev–Trinajstić information content (AvgIpc) is 2.63. The number of H-pyrrole nitrogens is 1. The van der Waals surface area contributed by atoms with E-state index in [1.54, 1.807) is 6.08 Å². The number of benzene rings is 1. The van der Waals surface area contributed by atoms with Crippen molar-refractivity contribution >= 4 is 28.0 Å². The van der Waals surface area contributed by atoms with Crippen LogP contribution >= 0.6 is 0 Å². The number of nitrogens with one attached hydrogen (secondary N) is 2. The summed E-state index contributed by atoms with van der Waals surface area (Å²) in [5, 5.41) is 9.83. The summed E-state index contributed by atoms with van der Waals surface area (Å²) >= 11 is 0. The molecule has 0 spiro atoms. The Kier molecular flexibility index (Phi) is 4.80. The van der Waals surface area contributed by atoms with E-state index in [1.165, 1.54) is 6.20 Å². The van der Waals surface area contributed by atoms with Crippen LogP contribution in [0.15, 0.2) is 72.2 Å². The number of rotatable bonds is 5. The SMILES string of the molecule is C=C/C=C\C(=C/C)c1nc(Nc2ccccc2)c2c(=O)[nH]ncc2n1. The van der Waals surface area contributed by atoms with Crippen molar-refractivity contribution in [3.05, 3.63) is 83.6 Å². The van der Waals surface area contributed by atoms with Gasteiger partial charge in [-0.25, -0.2) is 15.1 Å². The zero-order chi connectivity index (χ0) is 17.6. The molecule has 0 atom stereocenters. The second kappa shape index (κ2) is 7.35. The van der Waals surface area contributed by atoms with Gasteiger partial charge in [0.1, 0.15) is 16.7 Å². The first kappa shape index (κ1) is 16.3. The van der Waals surface area contributed by atoms with Crippen molar-refractivity contribution in [1.82, 2.24) is 20.2 Å². The van der Waals surface area contributed by atoms with Crippen molar-refractivity contribution in [3.63, 3.8) is 0 Å². The second-order valence-corrected chi connectivity index (χ2v) is 5.19. The number of para-hydroxylation sites is 1. The van der Waals surface area contributed by atoms with E-state index in [-0.39, 0.29) is 5.56 Å². The molecule has 6 heteroatoms. The number of aromatic amines is 1. The smallest absolute Gasteiger partial charge is 0.277 e. The Morgan fingerprint density at radius 3 is 2.76 bits per heavy atom. The molecule has 2 N–H and O–H groups in total. The van der Waals surface area contributed by atoms with E-state index in [1.807, 2.05) is 55.5 Å². The minimum Gasteiger partial charge on any atom is -0.339 e. The highest BCUT2D eigenvalue weighted by molar-refractivity contribution is 5.91. The second-order valence-electron chi connectivity index (χ2n) is 5.19. The normalized spacial score (nSPS) is 11.8. The number of allylic oxidation sites excluding steroid dienone is 5. The van der Waals surface area contributed by atoms with Gasteiger partial charge in [0.25, 0.3) is 5.56 Å². The molecule has 0 bridgehead atoms. The number of fused-ring (bicyclic) bond motifs is 1. The van der Waals surface area contributed by atoms with Gasteiger partial charge in [-0.3, -0.25) is 4.79 Å². The molecular formula is C19H17N5O. The number of aromatic nitrogens is 4. The molecule has 0 fully saturated rings. The highest BCUT2D eigenvalue weighted by Crippen LogP contribution is 2.23. The molecule has 3 rings (SSSR count). The quantitative estimate of drug-likeness (QED) is 0.698. The number of hydrogen-bond acceptors (Lipinski definition) is 5. The monoisotopic (exact) mass is 331 g/mol. The summed E-state index contributed by atoms with van der Waals surface area (Å²) in [6.45, 7) is 5.57. The third-order valence-electron chi connectivity index (χ3n) is 3.53. The van der Waals surface area contributed by atoms with Crippen LogP contribution in [0.1, 0.15) is 12.7 Å². The fourth-order valence-electron chi connectivity index (χ4n) is 2.35. The lowest BCUT2D eigenvalue weighted by Crippen LogP contribution is -2.13. The lowest BCUT2D eigenvalue weighted by atomic mass is 10.2. The molecule has 0 unspecified atom stereocenters. The highest BCUT2D eigenvalue weighted by atomic mass is 16.1. The molecule has 3 aromatic rings. The van der Waals surface area contributed by atoms with E-state index < -0.39 is 0 Å². The zero-order valence-corrected chi connectivity index (χ0v) is 13.7. The molecule has 0 amide bonds. The third kappa shape index (κ3) is 3.53. The van der Waals surface area contributed by atoms with Crippen LogP contribution in [0.25, 0.3) is 16.5 Å². The van der Waals surface area contributed by atoms with Crippen molar-refractivity contribution in [2.24, 2.45) is 0 Å². The summed E-state index contributed by atoms with van der Waals surface area (Å²) in [6, 6.07) is 9.53. The van der Waals surface area contributed by atoms with Crippen molar-refractivity contribution < 1.29 is 0 Å². The summed E-state index contributed by atoms with van der Waals surface area (Å²) in [4.78, 5) is 21.3. The molecule has 0 saturated heterocycles. The molecule has 2 aromatic heterocycles. The van der Waals surface area contributed by atoms with E-state index in [4.69, 9.17) is 0 Å². The highest BCUT2D eigenvalue weighted by Gasteiger charge is 2.13. The van der Waals surface area contributed by atoms with E-state index >= 15 is 0 Å². The largest absolute Gasteiger partial charge is 0.339 e. The van der Waals surface area contributed by atoms with E-state index in [0.29, 0.717) is 22.5 Å². The van der Waals surface area contributed by atoms with Gasteiger partial charge in [-0.05, 0) is 19.1 Å². The van der Waals surface area contributed by atoms with Crippen molar-refractivity contribution in [2.75, 3.05) is 5.32 Å². The van der Waals surface area contributed by atoms with Gasteiger partial charge < -0.3 is 5.32 Å². The maximum atomic E-state index is 12.2. The number of anilines is 2. The minimum absolute atomic E-state index is 0.342. The number of hydrogen-bond donors (Lipinski definition) is 2. The van der Waals surface area contributed by atoms with Gasteiger partial charge in [-0.1, -0.05) is 49.1 Å². The van der Waals surface area contributed by atoms with Gasteiger partial charge in [0, 0.05) is 11.3 Å². The average molecular weight is 331 g/mol. The molecule has 0 aliphatic rings.